The number of aromatic hydroxyl groups is 2. The predicted molar refractivity (Wildman–Crippen MR) is 104 cm³/mol. The van der Waals surface area contributed by atoms with Crippen molar-refractivity contribution < 1.29 is 10.2 Å². The summed E-state index contributed by atoms with van der Waals surface area (Å²) in [6, 6.07) is 14.5. The number of hydrogen-bond donors (Lipinski definition) is 2. The van der Waals surface area contributed by atoms with E-state index in [4.69, 9.17) is 23.2 Å². The molecular weight excluding hydrogens is 371 g/mol. The first-order chi connectivity index (χ1) is 12.4. The fraction of sp³-hybridized carbons (Fsp3) is 0.200. The molecule has 134 valence electrons. The Hall–Kier alpha value is -2.14. The van der Waals surface area contributed by atoms with Gasteiger partial charge in [0.1, 0.15) is 0 Å². The Bertz CT molecular complexity index is 947. The number of halogens is 2. The second kappa shape index (κ2) is 6.54. The lowest BCUT2D eigenvalue weighted by Gasteiger charge is -2.33. The number of aromatic nitrogens is 1. The topological polar surface area (TPSA) is 48.6 Å². The molecule has 0 unspecified atom stereocenters. The van der Waals surface area contributed by atoms with Gasteiger partial charge >= 0.3 is 0 Å². The summed E-state index contributed by atoms with van der Waals surface area (Å²) in [6.07, 6.45) is 0. The zero-order valence-corrected chi connectivity index (χ0v) is 15.7. The third kappa shape index (κ3) is 2.94. The van der Waals surface area contributed by atoms with Crippen LogP contribution in [-0.4, -0.2) is 33.3 Å². The predicted octanol–water partition coefficient (Wildman–Crippen LogP) is 4.77. The highest BCUT2D eigenvalue weighted by atomic mass is 35.5. The first-order valence-electron chi connectivity index (χ1n) is 8.30. The lowest BCUT2D eigenvalue weighted by atomic mass is 9.84. The molecule has 2 heterocycles. The highest BCUT2D eigenvalue weighted by Crippen LogP contribution is 2.38. The number of benzene rings is 2. The summed E-state index contributed by atoms with van der Waals surface area (Å²) >= 11 is 12.7. The van der Waals surface area contributed by atoms with Crippen LogP contribution >= 0.6 is 23.2 Å². The maximum Gasteiger partial charge on any atom is 0.198 e. The molecule has 1 atom stereocenters. The van der Waals surface area contributed by atoms with E-state index in [1.807, 2.05) is 30.3 Å². The summed E-state index contributed by atoms with van der Waals surface area (Å²) in [7, 11) is 2.07. The first-order valence-corrected chi connectivity index (χ1v) is 9.06. The number of fused-ring (bicyclic) bond motifs is 1. The minimum Gasteiger partial charge on any atom is -0.494 e. The van der Waals surface area contributed by atoms with E-state index in [-0.39, 0.29) is 17.7 Å². The minimum atomic E-state index is -0.00319. The molecule has 4 rings (SSSR count). The van der Waals surface area contributed by atoms with Crippen molar-refractivity contribution in [2.75, 3.05) is 13.6 Å². The van der Waals surface area contributed by atoms with Crippen LogP contribution in [0.3, 0.4) is 0 Å². The van der Waals surface area contributed by atoms with Gasteiger partial charge in [-0.2, -0.15) is 0 Å². The molecule has 0 bridgehead atoms. The maximum atomic E-state index is 9.90. The van der Waals surface area contributed by atoms with Crippen LogP contribution in [0.2, 0.25) is 10.0 Å². The van der Waals surface area contributed by atoms with E-state index in [0.29, 0.717) is 15.7 Å². The largest absolute Gasteiger partial charge is 0.494 e. The van der Waals surface area contributed by atoms with E-state index >= 15 is 0 Å². The molecule has 26 heavy (non-hydrogen) atoms. The average molecular weight is 389 g/mol. The summed E-state index contributed by atoms with van der Waals surface area (Å²) in [5.41, 5.74) is 4.09. The molecule has 6 heteroatoms. The number of rotatable bonds is 2. The van der Waals surface area contributed by atoms with Crippen LogP contribution in [0.25, 0.3) is 5.69 Å². The normalized spacial score (nSPS) is 17.3. The molecule has 2 aromatic carbocycles. The van der Waals surface area contributed by atoms with Gasteiger partial charge < -0.3 is 15.1 Å². The fourth-order valence-corrected chi connectivity index (χ4v) is 4.24. The van der Waals surface area contributed by atoms with Crippen molar-refractivity contribution in [3.05, 3.63) is 75.3 Å². The van der Waals surface area contributed by atoms with Gasteiger partial charge in [0.25, 0.3) is 0 Å². The van der Waals surface area contributed by atoms with Crippen LogP contribution < -0.4 is 0 Å². The number of likely N-dealkylation sites (N-methyl/N-ethyl adjacent to an activating group) is 1. The Morgan fingerprint density at radius 2 is 1.62 bits per heavy atom. The number of nitrogens with zero attached hydrogens (tertiary/aromatic N) is 2. The molecule has 1 aliphatic rings. The van der Waals surface area contributed by atoms with Crippen LogP contribution in [0, 0.1) is 0 Å². The Labute approximate surface area is 161 Å². The zero-order chi connectivity index (χ0) is 18.4. The van der Waals surface area contributed by atoms with Crippen LogP contribution in [0.4, 0.5) is 0 Å². The molecule has 0 spiro atoms. The van der Waals surface area contributed by atoms with Crippen molar-refractivity contribution >= 4 is 23.2 Å². The summed E-state index contributed by atoms with van der Waals surface area (Å²) in [6.45, 7) is 1.66. The summed E-state index contributed by atoms with van der Waals surface area (Å²) in [4.78, 5) is 2.24. The van der Waals surface area contributed by atoms with E-state index in [1.54, 1.807) is 6.07 Å². The quantitative estimate of drug-likeness (QED) is 0.664. The molecule has 0 radical (unpaired) electrons. The second-order valence-corrected chi connectivity index (χ2v) is 7.53. The van der Waals surface area contributed by atoms with Crippen molar-refractivity contribution in [2.45, 2.75) is 12.5 Å². The maximum absolute atomic E-state index is 9.90. The third-order valence-corrected chi connectivity index (χ3v) is 5.44. The van der Waals surface area contributed by atoms with Crippen LogP contribution in [0.1, 0.15) is 22.6 Å². The molecule has 2 N–H and O–H groups in total. The standard InChI is InChI=1S/C20H18Cl2N2O2/c1-23-10-16(15-8-13(21)9-18(22)17(15)11-23)12-2-4-14(5-3-12)24-19(25)6-7-20(24)26/h2-9,16,25-26H,10-11H2,1H3/t16-/m0/s1. The monoisotopic (exact) mass is 388 g/mol. The van der Waals surface area contributed by atoms with E-state index in [1.165, 1.54) is 16.7 Å². The molecule has 0 aliphatic carbocycles. The number of hydrogen-bond acceptors (Lipinski definition) is 3. The van der Waals surface area contributed by atoms with Crippen molar-refractivity contribution in [2.24, 2.45) is 0 Å². The van der Waals surface area contributed by atoms with Gasteiger partial charge in [-0.05, 0) is 48.0 Å². The molecule has 0 saturated carbocycles. The van der Waals surface area contributed by atoms with Crippen molar-refractivity contribution in [3.8, 4) is 17.4 Å². The second-order valence-electron chi connectivity index (χ2n) is 6.68. The molecule has 4 nitrogen and oxygen atoms in total. The first kappa shape index (κ1) is 17.3. The van der Waals surface area contributed by atoms with E-state index in [2.05, 4.69) is 11.9 Å². The van der Waals surface area contributed by atoms with Crippen LogP contribution in [0.15, 0.2) is 48.5 Å². The van der Waals surface area contributed by atoms with Gasteiger partial charge in [0, 0.05) is 41.2 Å². The highest BCUT2D eigenvalue weighted by Gasteiger charge is 2.27. The van der Waals surface area contributed by atoms with Gasteiger partial charge in [0.15, 0.2) is 11.8 Å². The van der Waals surface area contributed by atoms with E-state index in [9.17, 15) is 10.2 Å². The van der Waals surface area contributed by atoms with E-state index < -0.39 is 0 Å². The molecule has 1 aromatic heterocycles. The third-order valence-electron chi connectivity index (χ3n) is 4.89. The van der Waals surface area contributed by atoms with Crippen molar-refractivity contribution in [1.82, 2.24) is 9.47 Å². The summed E-state index contributed by atoms with van der Waals surface area (Å²) in [5, 5.41) is 21.1. The fourth-order valence-electron chi connectivity index (χ4n) is 3.67. The zero-order valence-electron chi connectivity index (χ0n) is 14.2. The van der Waals surface area contributed by atoms with Gasteiger partial charge in [-0.3, -0.25) is 4.57 Å². The Morgan fingerprint density at radius 1 is 0.962 bits per heavy atom. The van der Waals surface area contributed by atoms with Crippen LogP contribution in [-0.2, 0) is 6.54 Å². The van der Waals surface area contributed by atoms with Crippen molar-refractivity contribution in [1.29, 1.82) is 0 Å². The Morgan fingerprint density at radius 3 is 2.27 bits per heavy atom. The SMILES string of the molecule is CN1Cc2c(Cl)cc(Cl)cc2[C@H](c2ccc(-n3c(O)ccc3O)cc2)C1. The molecular formula is C20H18Cl2N2O2. The van der Waals surface area contributed by atoms with Gasteiger partial charge in [-0.1, -0.05) is 35.3 Å². The molecule has 0 amide bonds. The van der Waals surface area contributed by atoms with Crippen molar-refractivity contribution in [3.63, 3.8) is 0 Å². The minimum absolute atomic E-state index is 0.00319. The molecule has 1 aliphatic heterocycles. The summed E-state index contributed by atoms with van der Waals surface area (Å²) < 4.78 is 1.39. The Balaban J connectivity index is 1.75. The lowest BCUT2D eigenvalue weighted by Crippen LogP contribution is -2.31. The molecule has 3 aromatic rings. The van der Waals surface area contributed by atoms with Crippen LogP contribution in [0.5, 0.6) is 11.8 Å². The molecule has 0 saturated heterocycles. The summed E-state index contributed by atoms with van der Waals surface area (Å²) in [5.74, 6) is 0.147. The van der Waals surface area contributed by atoms with Gasteiger partial charge in [0.05, 0.1) is 5.69 Å². The Kier molecular flexibility index (Phi) is 4.35. The van der Waals surface area contributed by atoms with Gasteiger partial charge in [-0.15, -0.1) is 0 Å². The average Bonchev–Trinajstić information content (AvgIpc) is 2.94. The molecule has 0 fully saturated rings. The smallest absolute Gasteiger partial charge is 0.198 e. The van der Waals surface area contributed by atoms with Gasteiger partial charge in [-0.25, -0.2) is 0 Å². The van der Waals surface area contributed by atoms with Gasteiger partial charge in [0.2, 0.25) is 0 Å². The lowest BCUT2D eigenvalue weighted by molar-refractivity contribution is 0.295. The highest BCUT2D eigenvalue weighted by molar-refractivity contribution is 6.35. The van der Waals surface area contributed by atoms with E-state index in [0.717, 1.165) is 29.8 Å².